The normalized spacial score (nSPS) is 13.7. The Hall–Kier alpha value is -2.83. The average molecular weight is 342 g/mol. The number of nitrogens with two attached hydrogens (primary N) is 1. The van der Waals surface area contributed by atoms with Crippen molar-refractivity contribution < 1.29 is 14.3 Å². The molecule has 0 fully saturated rings. The van der Waals surface area contributed by atoms with Crippen LogP contribution in [0.2, 0.25) is 0 Å². The number of aromatic nitrogens is 2. The van der Waals surface area contributed by atoms with Crippen LogP contribution < -0.4 is 10.5 Å². The molecule has 0 saturated heterocycles. The van der Waals surface area contributed by atoms with E-state index in [-0.39, 0.29) is 11.8 Å². The molecule has 0 atom stereocenters. The van der Waals surface area contributed by atoms with Crippen molar-refractivity contribution in [3.8, 4) is 5.75 Å². The maximum Gasteiger partial charge on any atom is 0.274 e. The summed E-state index contributed by atoms with van der Waals surface area (Å²) in [7, 11) is 0. The summed E-state index contributed by atoms with van der Waals surface area (Å²) in [6.45, 7) is 4.10. The number of ether oxygens (including phenoxy) is 1. The molecule has 2 aromatic rings. The third-order valence-corrected chi connectivity index (χ3v) is 4.24. The highest BCUT2D eigenvalue weighted by molar-refractivity contribution is 5.92. The van der Waals surface area contributed by atoms with Gasteiger partial charge in [-0.2, -0.15) is 5.10 Å². The number of rotatable bonds is 5. The van der Waals surface area contributed by atoms with Crippen LogP contribution in [0, 0.1) is 0 Å². The van der Waals surface area contributed by atoms with Crippen molar-refractivity contribution in [3.05, 3.63) is 47.3 Å². The van der Waals surface area contributed by atoms with Crippen LogP contribution in [0.4, 0.5) is 0 Å². The molecule has 3 rings (SSSR count). The molecule has 1 aromatic heterocycles. The Labute approximate surface area is 146 Å². The van der Waals surface area contributed by atoms with E-state index < -0.39 is 0 Å². The van der Waals surface area contributed by atoms with E-state index in [9.17, 15) is 9.59 Å². The average Bonchev–Trinajstić information content (AvgIpc) is 2.99. The molecule has 132 valence electrons. The zero-order chi connectivity index (χ0) is 17.8. The maximum atomic E-state index is 12.7. The number of hydrogen-bond acceptors (Lipinski definition) is 4. The van der Waals surface area contributed by atoms with Crippen molar-refractivity contribution in [3.63, 3.8) is 0 Å². The van der Waals surface area contributed by atoms with Gasteiger partial charge in [-0.05, 0) is 31.0 Å². The lowest BCUT2D eigenvalue weighted by molar-refractivity contribution is -0.117. The van der Waals surface area contributed by atoms with E-state index in [1.807, 2.05) is 25.1 Å². The molecule has 0 spiro atoms. The van der Waals surface area contributed by atoms with E-state index >= 15 is 0 Å². The SMILES string of the molecule is CCn1ccc(C(=O)N2CCOc3ccc(CCC(N)=O)cc3C2)n1. The third-order valence-electron chi connectivity index (χ3n) is 4.24. The number of carbonyl (C=O) groups is 2. The summed E-state index contributed by atoms with van der Waals surface area (Å²) in [5.41, 5.74) is 7.60. The number of carbonyl (C=O) groups excluding carboxylic acids is 2. The van der Waals surface area contributed by atoms with E-state index in [4.69, 9.17) is 10.5 Å². The lowest BCUT2D eigenvalue weighted by Crippen LogP contribution is -2.32. The fourth-order valence-electron chi connectivity index (χ4n) is 2.86. The Bertz CT molecular complexity index is 784. The van der Waals surface area contributed by atoms with Crippen LogP contribution in [0.5, 0.6) is 5.75 Å². The van der Waals surface area contributed by atoms with Crippen molar-refractivity contribution in [2.75, 3.05) is 13.2 Å². The predicted octanol–water partition coefficient (Wildman–Crippen LogP) is 1.36. The van der Waals surface area contributed by atoms with Gasteiger partial charge in [0.05, 0.1) is 6.54 Å². The smallest absolute Gasteiger partial charge is 0.274 e. The minimum Gasteiger partial charge on any atom is -0.491 e. The number of primary amides is 1. The monoisotopic (exact) mass is 342 g/mol. The molecular weight excluding hydrogens is 320 g/mol. The van der Waals surface area contributed by atoms with Gasteiger partial charge in [-0.3, -0.25) is 14.3 Å². The van der Waals surface area contributed by atoms with Crippen molar-refractivity contribution in [1.82, 2.24) is 14.7 Å². The summed E-state index contributed by atoms with van der Waals surface area (Å²) >= 11 is 0. The van der Waals surface area contributed by atoms with Gasteiger partial charge in [0.2, 0.25) is 5.91 Å². The Kier molecular flexibility index (Phi) is 5.02. The molecule has 1 aliphatic rings. The van der Waals surface area contributed by atoms with Crippen molar-refractivity contribution in [1.29, 1.82) is 0 Å². The van der Waals surface area contributed by atoms with Gasteiger partial charge < -0.3 is 15.4 Å². The van der Waals surface area contributed by atoms with E-state index in [0.717, 1.165) is 23.4 Å². The minimum atomic E-state index is -0.325. The quantitative estimate of drug-likeness (QED) is 0.888. The van der Waals surface area contributed by atoms with Gasteiger partial charge >= 0.3 is 0 Å². The number of aryl methyl sites for hydroxylation is 2. The van der Waals surface area contributed by atoms with Crippen molar-refractivity contribution in [2.24, 2.45) is 5.73 Å². The highest BCUT2D eigenvalue weighted by Gasteiger charge is 2.23. The third kappa shape index (κ3) is 3.99. The summed E-state index contributed by atoms with van der Waals surface area (Å²) in [5, 5.41) is 4.29. The second-order valence-electron chi connectivity index (χ2n) is 6.04. The summed E-state index contributed by atoms with van der Waals surface area (Å²) < 4.78 is 7.49. The maximum absolute atomic E-state index is 12.7. The largest absolute Gasteiger partial charge is 0.491 e. The molecule has 0 aliphatic carbocycles. The first kappa shape index (κ1) is 17.0. The topological polar surface area (TPSA) is 90.5 Å². The van der Waals surface area contributed by atoms with Crippen LogP contribution in [-0.4, -0.2) is 39.6 Å². The molecule has 7 nitrogen and oxygen atoms in total. The summed E-state index contributed by atoms with van der Waals surface area (Å²) in [6, 6.07) is 7.55. The molecule has 1 aliphatic heterocycles. The summed E-state index contributed by atoms with van der Waals surface area (Å²) in [6.07, 6.45) is 2.69. The van der Waals surface area contributed by atoms with Gasteiger partial charge in [0.15, 0.2) is 0 Å². The second-order valence-corrected chi connectivity index (χ2v) is 6.04. The lowest BCUT2D eigenvalue weighted by Gasteiger charge is -2.18. The Morgan fingerprint density at radius 1 is 1.32 bits per heavy atom. The van der Waals surface area contributed by atoms with Gasteiger partial charge in [0, 0.05) is 31.3 Å². The van der Waals surface area contributed by atoms with E-state index in [1.54, 1.807) is 21.8 Å². The van der Waals surface area contributed by atoms with Crippen molar-refractivity contribution in [2.45, 2.75) is 32.9 Å². The second kappa shape index (κ2) is 7.38. The van der Waals surface area contributed by atoms with Crippen LogP contribution >= 0.6 is 0 Å². The highest BCUT2D eigenvalue weighted by atomic mass is 16.5. The predicted molar refractivity (Wildman–Crippen MR) is 92.1 cm³/mol. The van der Waals surface area contributed by atoms with E-state index in [0.29, 0.717) is 38.2 Å². The number of hydrogen-bond donors (Lipinski definition) is 1. The fourth-order valence-corrected chi connectivity index (χ4v) is 2.86. The first-order valence-corrected chi connectivity index (χ1v) is 8.42. The zero-order valence-electron chi connectivity index (χ0n) is 14.3. The van der Waals surface area contributed by atoms with Gasteiger partial charge in [0.1, 0.15) is 18.1 Å². The molecule has 0 bridgehead atoms. The van der Waals surface area contributed by atoms with Crippen LogP contribution in [-0.2, 0) is 24.3 Å². The first-order chi connectivity index (χ1) is 12.1. The number of amides is 2. The molecule has 2 amide bonds. The molecule has 0 radical (unpaired) electrons. The summed E-state index contributed by atoms with van der Waals surface area (Å²) in [5.74, 6) is 0.345. The standard InChI is InChI=1S/C18H22N4O3/c1-2-22-8-7-15(20-22)18(24)21-9-10-25-16-5-3-13(4-6-17(19)23)11-14(16)12-21/h3,5,7-8,11H,2,4,6,9-10,12H2,1H3,(H2,19,23). The number of nitrogens with zero attached hydrogens (tertiary/aromatic N) is 3. The van der Waals surface area contributed by atoms with Gasteiger partial charge in [-0.25, -0.2) is 0 Å². The summed E-state index contributed by atoms with van der Waals surface area (Å²) in [4.78, 5) is 25.4. The fraction of sp³-hybridized carbons (Fsp3) is 0.389. The lowest BCUT2D eigenvalue weighted by atomic mass is 10.0. The minimum absolute atomic E-state index is 0.105. The molecule has 0 unspecified atom stereocenters. The molecule has 2 N–H and O–H groups in total. The zero-order valence-corrected chi connectivity index (χ0v) is 14.3. The van der Waals surface area contributed by atoms with E-state index in [2.05, 4.69) is 5.10 Å². The van der Waals surface area contributed by atoms with Crippen molar-refractivity contribution >= 4 is 11.8 Å². The number of fused-ring (bicyclic) bond motifs is 1. The number of benzene rings is 1. The molecular formula is C18H22N4O3. The van der Waals surface area contributed by atoms with Crippen LogP contribution in [0.3, 0.4) is 0 Å². The van der Waals surface area contributed by atoms with Gasteiger partial charge in [-0.15, -0.1) is 0 Å². The Balaban J connectivity index is 1.78. The molecule has 0 saturated carbocycles. The highest BCUT2D eigenvalue weighted by Crippen LogP contribution is 2.25. The molecule has 2 heterocycles. The molecule has 25 heavy (non-hydrogen) atoms. The van der Waals surface area contributed by atoms with E-state index in [1.165, 1.54) is 0 Å². The van der Waals surface area contributed by atoms with Crippen LogP contribution in [0.1, 0.15) is 35.0 Å². The van der Waals surface area contributed by atoms with Gasteiger partial charge in [0.25, 0.3) is 5.91 Å². The van der Waals surface area contributed by atoms with Crippen LogP contribution in [0.15, 0.2) is 30.5 Å². The molecule has 1 aromatic carbocycles. The Morgan fingerprint density at radius 3 is 2.88 bits per heavy atom. The van der Waals surface area contributed by atoms with Crippen LogP contribution in [0.25, 0.3) is 0 Å². The van der Waals surface area contributed by atoms with Gasteiger partial charge in [-0.1, -0.05) is 12.1 Å². The Morgan fingerprint density at radius 2 is 2.16 bits per heavy atom. The molecule has 7 heteroatoms. The first-order valence-electron chi connectivity index (χ1n) is 8.42.